The Balaban J connectivity index is 1.89. The lowest BCUT2D eigenvalue weighted by molar-refractivity contribution is 0.419. The largest absolute Gasteiger partial charge is 0.404 e. The summed E-state index contributed by atoms with van der Waals surface area (Å²) >= 11 is 0. The smallest absolute Gasteiger partial charge is 0.342 e. The third-order valence-corrected chi connectivity index (χ3v) is 2.93. The van der Waals surface area contributed by atoms with Crippen molar-refractivity contribution in [3.63, 3.8) is 0 Å². The second-order valence-electron chi connectivity index (χ2n) is 4.50. The molecule has 0 atom stereocenters. The molecule has 0 fully saturated rings. The van der Waals surface area contributed by atoms with E-state index < -0.39 is 0 Å². The normalized spacial score (nSPS) is 10.6. The van der Waals surface area contributed by atoms with Crippen molar-refractivity contribution in [2.45, 2.75) is 13.8 Å². The summed E-state index contributed by atoms with van der Waals surface area (Å²) in [4.78, 5) is 12.4. The topological polar surface area (TPSA) is 91.7 Å². The molecule has 0 aliphatic heterocycles. The molecule has 0 saturated heterocycles. The summed E-state index contributed by atoms with van der Waals surface area (Å²) in [5.41, 5.74) is 7.36. The number of nitrogens with zero attached hydrogens (tertiary/aromatic N) is 5. The Morgan fingerprint density at radius 2 is 1.86 bits per heavy atom. The van der Waals surface area contributed by atoms with Gasteiger partial charge in [-0.3, -0.25) is 0 Å². The predicted molar refractivity (Wildman–Crippen MR) is 77.4 cm³/mol. The third kappa shape index (κ3) is 2.66. The van der Waals surface area contributed by atoms with Crippen LogP contribution in [-0.4, -0.2) is 24.7 Å². The maximum atomic E-state index is 5.79. The number of aryl methyl sites for hydroxylation is 1. The second-order valence-corrected chi connectivity index (χ2v) is 4.50. The summed E-state index contributed by atoms with van der Waals surface area (Å²) in [6.07, 6.45) is 1.58. The maximum absolute atomic E-state index is 5.79. The van der Waals surface area contributed by atoms with Crippen LogP contribution in [0.2, 0.25) is 0 Å². The highest BCUT2D eigenvalue weighted by Crippen LogP contribution is 2.23. The SMILES string of the molecule is Cc1nc(N)c(C)c(Oc2ncn(-c3ccccc3)n2)n1. The standard InChI is InChI=1S/C14H14N6O/c1-9-12(15)17-10(2)18-13(9)21-14-16-8-20(19-14)11-6-4-3-5-7-11/h3-8H,1-2H3,(H2,15,17,18). The van der Waals surface area contributed by atoms with Crippen LogP contribution in [0.25, 0.3) is 5.69 Å². The van der Waals surface area contributed by atoms with E-state index in [1.807, 2.05) is 30.3 Å². The Kier molecular flexibility index (Phi) is 3.23. The summed E-state index contributed by atoms with van der Waals surface area (Å²) in [6, 6.07) is 9.85. The van der Waals surface area contributed by atoms with E-state index >= 15 is 0 Å². The Hall–Kier alpha value is -2.96. The van der Waals surface area contributed by atoms with Gasteiger partial charge >= 0.3 is 6.01 Å². The molecule has 1 aromatic carbocycles. The van der Waals surface area contributed by atoms with Gasteiger partial charge in [-0.15, -0.1) is 5.10 Å². The minimum Gasteiger partial charge on any atom is -0.404 e. The zero-order valence-corrected chi connectivity index (χ0v) is 11.7. The van der Waals surface area contributed by atoms with Gasteiger partial charge in [0.2, 0.25) is 5.88 Å². The molecule has 7 nitrogen and oxygen atoms in total. The van der Waals surface area contributed by atoms with Gasteiger partial charge in [0.1, 0.15) is 18.0 Å². The molecule has 0 aliphatic carbocycles. The van der Waals surface area contributed by atoms with E-state index in [1.165, 1.54) is 0 Å². The molecule has 0 unspecified atom stereocenters. The van der Waals surface area contributed by atoms with Gasteiger partial charge in [-0.2, -0.15) is 9.97 Å². The summed E-state index contributed by atoms with van der Waals surface area (Å²) in [7, 11) is 0. The Bertz CT molecular complexity index is 768. The zero-order chi connectivity index (χ0) is 14.8. The fraction of sp³-hybridized carbons (Fsp3) is 0.143. The van der Waals surface area contributed by atoms with Gasteiger partial charge in [-0.05, 0) is 26.0 Å². The third-order valence-electron chi connectivity index (χ3n) is 2.93. The van der Waals surface area contributed by atoms with Crippen LogP contribution < -0.4 is 10.5 Å². The first-order valence-electron chi connectivity index (χ1n) is 6.39. The number of para-hydroxylation sites is 1. The lowest BCUT2D eigenvalue weighted by Gasteiger charge is -2.06. The molecule has 2 aromatic heterocycles. The lowest BCUT2D eigenvalue weighted by atomic mass is 10.3. The molecule has 7 heteroatoms. The highest BCUT2D eigenvalue weighted by molar-refractivity contribution is 5.45. The van der Waals surface area contributed by atoms with E-state index in [2.05, 4.69) is 20.1 Å². The van der Waals surface area contributed by atoms with Crippen molar-refractivity contribution in [3.05, 3.63) is 48.0 Å². The average Bonchev–Trinajstić information content (AvgIpc) is 2.94. The highest BCUT2D eigenvalue weighted by atomic mass is 16.5. The number of nitrogen functional groups attached to an aromatic ring is 1. The maximum Gasteiger partial charge on any atom is 0.342 e. The van der Waals surface area contributed by atoms with Gasteiger partial charge in [0, 0.05) is 0 Å². The summed E-state index contributed by atoms with van der Waals surface area (Å²) < 4.78 is 7.23. The van der Waals surface area contributed by atoms with Crippen molar-refractivity contribution < 1.29 is 4.74 Å². The summed E-state index contributed by atoms with van der Waals surface area (Å²) in [6.45, 7) is 3.54. The molecule has 0 spiro atoms. The number of hydrogen-bond donors (Lipinski definition) is 1. The van der Waals surface area contributed by atoms with Crippen molar-refractivity contribution in [3.8, 4) is 17.6 Å². The van der Waals surface area contributed by atoms with Crippen LogP contribution in [0.4, 0.5) is 5.82 Å². The van der Waals surface area contributed by atoms with Gasteiger partial charge in [-0.1, -0.05) is 18.2 Å². The van der Waals surface area contributed by atoms with Crippen molar-refractivity contribution in [1.29, 1.82) is 0 Å². The van der Waals surface area contributed by atoms with Crippen molar-refractivity contribution >= 4 is 5.82 Å². The minimum atomic E-state index is 0.208. The molecule has 21 heavy (non-hydrogen) atoms. The fourth-order valence-electron chi connectivity index (χ4n) is 1.81. The number of hydrogen-bond acceptors (Lipinski definition) is 6. The zero-order valence-electron chi connectivity index (χ0n) is 11.7. The van der Waals surface area contributed by atoms with Crippen LogP contribution in [0.5, 0.6) is 11.9 Å². The molecule has 106 valence electrons. The van der Waals surface area contributed by atoms with Crippen LogP contribution >= 0.6 is 0 Å². The van der Waals surface area contributed by atoms with Gasteiger partial charge in [0.15, 0.2) is 0 Å². The number of nitrogens with two attached hydrogens (primary N) is 1. The number of rotatable bonds is 3. The number of anilines is 1. The van der Waals surface area contributed by atoms with E-state index in [0.29, 0.717) is 23.1 Å². The lowest BCUT2D eigenvalue weighted by Crippen LogP contribution is -2.03. The van der Waals surface area contributed by atoms with E-state index in [4.69, 9.17) is 10.5 Å². The number of aromatic nitrogens is 5. The predicted octanol–water partition coefficient (Wildman–Crippen LogP) is 2.05. The summed E-state index contributed by atoms with van der Waals surface area (Å²) in [5.74, 6) is 1.29. The quantitative estimate of drug-likeness (QED) is 0.790. The first kappa shape index (κ1) is 13.0. The molecular weight excluding hydrogens is 268 g/mol. The van der Waals surface area contributed by atoms with Gasteiger partial charge < -0.3 is 10.5 Å². The van der Waals surface area contributed by atoms with Crippen LogP contribution in [0.3, 0.4) is 0 Å². The van der Waals surface area contributed by atoms with Gasteiger partial charge in [0.25, 0.3) is 0 Å². The second kappa shape index (κ2) is 5.20. The Morgan fingerprint density at radius 1 is 1.10 bits per heavy atom. The highest BCUT2D eigenvalue weighted by Gasteiger charge is 2.12. The molecule has 0 saturated carbocycles. The molecule has 2 N–H and O–H groups in total. The van der Waals surface area contributed by atoms with E-state index in [9.17, 15) is 0 Å². The Labute approximate surface area is 121 Å². The van der Waals surface area contributed by atoms with Gasteiger partial charge in [-0.25, -0.2) is 9.67 Å². The summed E-state index contributed by atoms with van der Waals surface area (Å²) in [5, 5.41) is 4.26. The molecule has 3 rings (SSSR count). The molecule has 2 heterocycles. The fourth-order valence-corrected chi connectivity index (χ4v) is 1.81. The molecule has 0 amide bonds. The molecule has 3 aromatic rings. The number of ether oxygens (including phenoxy) is 1. The van der Waals surface area contributed by atoms with E-state index in [-0.39, 0.29) is 6.01 Å². The monoisotopic (exact) mass is 282 g/mol. The molecule has 0 aliphatic rings. The van der Waals surface area contributed by atoms with E-state index in [0.717, 1.165) is 5.69 Å². The average molecular weight is 282 g/mol. The molecule has 0 bridgehead atoms. The Morgan fingerprint density at radius 3 is 2.62 bits per heavy atom. The van der Waals surface area contributed by atoms with Gasteiger partial charge in [0.05, 0.1) is 11.3 Å². The van der Waals surface area contributed by atoms with Crippen molar-refractivity contribution in [1.82, 2.24) is 24.7 Å². The van der Waals surface area contributed by atoms with Crippen LogP contribution in [0, 0.1) is 13.8 Å². The van der Waals surface area contributed by atoms with Crippen molar-refractivity contribution in [2.24, 2.45) is 0 Å². The minimum absolute atomic E-state index is 0.208. The van der Waals surface area contributed by atoms with Crippen LogP contribution in [0.15, 0.2) is 36.7 Å². The molecule has 0 radical (unpaired) electrons. The van der Waals surface area contributed by atoms with Crippen LogP contribution in [-0.2, 0) is 0 Å². The first-order chi connectivity index (χ1) is 10.1. The van der Waals surface area contributed by atoms with Crippen LogP contribution in [0.1, 0.15) is 11.4 Å². The first-order valence-corrected chi connectivity index (χ1v) is 6.39. The van der Waals surface area contributed by atoms with E-state index in [1.54, 1.807) is 24.9 Å². The van der Waals surface area contributed by atoms with Crippen molar-refractivity contribution in [2.75, 3.05) is 5.73 Å². The molecular formula is C14H14N6O. The number of benzene rings is 1.